The highest BCUT2D eigenvalue weighted by Gasteiger charge is 2.28. The minimum Gasteiger partial charge on any atom is -0.465 e. The van der Waals surface area contributed by atoms with Gasteiger partial charge in [-0.15, -0.1) is 0 Å². The average molecular weight is 299 g/mol. The molecule has 0 aromatic heterocycles. The van der Waals surface area contributed by atoms with Gasteiger partial charge in [0.1, 0.15) is 0 Å². The number of rotatable bonds is 7. The molecule has 1 aromatic carbocycles. The van der Waals surface area contributed by atoms with Crippen LogP contribution in [0.5, 0.6) is 0 Å². The van der Waals surface area contributed by atoms with Gasteiger partial charge in [-0.25, -0.2) is 0 Å². The second-order valence-corrected chi connectivity index (χ2v) is 4.66. The number of ether oxygens (including phenoxy) is 2. The lowest BCUT2D eigenvalue weighted by Crippen LogP contribution is -2.28. The lowest BCUT2D eigenvalue weighted by molar-refractivity contribution is -0.161. The number of aryl methyl sites for hydroxylation is 1. The van der Waals surface area contributed by atoms with Crippen LogP contribution in [0.3, 0.4) is 0 Å². The molecule has 0 amide bonds. The van der Waals surface area contributed by atoms with E-state index >= 15 is 0 Å². The summed E-state index contributed by atoms with van der Waals surface area (Å²) in [4.78, 5) is 23.6. The zero-order chi connectivity index (χ0) is 15.0. The smallest absolute Gasteiger partial charge is 0.320 e. The van der Waals surface area contributed by atoms with E-state index in [1.807, 2.05) is 12.1 Å². The summed E-state index contributed by atoms with van der Waals surface area (Å²) in [6, 6.07) is 7.30. The Bertz CT molecular complexity index is 424. The van der Waals surface area contributed by atoms with Crippen molar-refractivity contribution in [1.29, 1.82) is 0 Å². The van der Waals surface area contributed by atoms with Gasteiger partial charge in [0.15, 0.2) is 5.92 Å². The van der Waals surface area contributed by atoms with Crippen molar-refractivity contribution in [2.75, 3.05) is 13.2 Å². The number of halogens is 1. The van der Waals surface area contributed by atoms with E-state index < -0.39 is 17.9 Å². The molecule has 0 aliphatic carbocycles. The Morgan fingerprint density at radius 2 is 1.55 bits per heavy atom. The molecule has 4 nitrogen and oxygen atoms in total. The van der Waals surface area contributed by atoms with E-state index in [4.69, 9.17) is 21.1 Å². The monoisotopic (exact) mass is 298 g/mol. The maximum Gasteiger partial charge on any atom is 0.320 e. The number of hydrogen-bond acceptors (Lipinski definition) is 4. The van der Waals surface area contributed by atoms with Crippen LogP contribution in [0.4, 0.5) is 0 Å². The number of carbonyl (C=O) groups is 2. The number of benzene rings is 1. The molecule has 20 heavy (non-hydrogen) atoms. The second-order valence-electron chi connectivity index (χ2n) is 4.22. The molecule has 1 aromatic rings. The maximum absolute atomic E-state index is 11.8. The van der Waals surface area contributed by atoms with Gasteiger partial charge in [0.2, 0.25) is 0 Å². The summed E-state index contributed by atoms with van der Waals surface area (Å²) in [5, 5.41) is 0.654. The predicted octanol–water partition coefficient (Wildman–Crippen LogP) is 3.02. The van der Waals surface area contributed by atoms with Crippen molar-refractivity contribution in [3.63, 3.8) is 0 Å². The highest BCUT2D eigenvalue weighted by Crippen LogP contribution is 2.16. The van der Waals surface area contributed by atoms with Crippen LogP contribution in [0.2, 0.25) is 5.02 Å². The minimum absolute atomic E-state index is 0.246. The molecule has 5 heteroatoms. The fourth-order valence-electron chi connectivity index (χ4n) is 1.78. The van der Waals surface area contributed by atoms with Gasteiger partial charge in [-0.3, -0.25) is 9.59 Å². The molecule has 110 valence electrons. The Balaban J connectivity index is 2.66. The van der Waals surface area contributed by atoms with Gasteiger partial charge in [0.05, 0.1) is 13.2 Å². The molecule has 0 saturated carbocycles. The largest absolute Gasteiger partial charge is 0.465 e. The van der Waals surface area contributed by atoms with Crippen molar-refractivity contribution in [2.24, 2.45) is 5.92 Å². The third-order valence-corrected chi connectivity index (χ3v) is 3.03. The Kier molecular flexibility index (Phi) is 7.09. The predicted molar refractivity (Wildman–Crippen MR) is 76.5 cm³/mol. The third-order valence-electron chi connectivity index (χ3n) is 2.78. The Morgan fingerprint density at radius 3 is 2.00 bits per heavy atom. The molecule has 0 aliphatic rings. The van der Waals surface area contributed by atoms with E-state index in [0.717, 1.165) is 5.56 Å². The first-order valence-corrected chi connectivity index (χ1v) is 7.04. The topological polar surface area (TPSA) is 52.6 Å². The van der Waals surface area contributed by atoms with Crippen molar-refractivity contribution >= 4 is 23.5 Å². The van der Waals surface area contributed by atoms with E-state index in [2.05, 4.69) is 0 Å². The van der Waals surface area contributed by atoms with Crippen molar-refractivity contribution in [3.8, 4) is 0 Å². The summed E-state index contributed by atoms with van der Waals surface area (Å²) < 4.78 is 9.84. The molecule has 0 N–H and O–H groups in total. The van der Waals surface area contributed by atoms with E-state index in [0.29, 0.717) is 17.9 Å². The Hall–Kier alpha value is -1.55. The van der Waals surface area contributed by atoms with Crippen LogP contribution in [-0.2, 0) is 25.5 Å². The number of carbonyl (C=O) groups excluding carboxylic acids is 2. The van der Waals surface area contributed by atoms with Gasteiger partial charge in [-0.1, -0.05) is 23.7 Å². The molecule has 0 aliphatic heterocycles. The fraction of sp³-hybridized carbons (Fsp3) is 0.467. The van der Waals surface area contributed by atoms with Gasteiger partial charge < -0.3 is 9.47 Å². The van der Waals surface area contributed by atoms with Gasteiger partial charge in [-0.2, -0.15) is 0 Å². The number of hydrogen-bond donors (Lipinski definition) is 0. The zero-order valence-corrected chi connectivity index (χ0v) is 12.5. The van der Waals surface area contributed by atoms with Gasteiger partial charge in [0, 0.05) is 5.02 Å². The first-order valence-electron chi connectivity index (χ1n) is 6.66. The van der Waals surface area contributed by atoms with Crippen LogP contribution in [0, 0.1) is 5.92 Å². The summed E-state index contributed by atoms with van der Waals surface area (Å²) in [6.07, 6.45) is 0.943. The summed E-state index contributed by atoms with van der Waals surface area (Å²) in [6.45, 7) is 3.91. The fourth-order valence-corrected chi connectivity index (χ4v) is 1.91. The lowest BCUT2D eigenvalue weighted by atomic mass is 9.99. The maximum atomic E-state index is 11.8. The summed E-state index contributed by atoms with van der Waals surface area (Å²) in [5.41, 5.74) is 1.01. The molecule has 0 heterocycles. The van der Waals surface area contributed by atoms with Crippen LogP contribution < -0.4 is 0 Å². The van der Waals surface area contributed by atoms with Crippen molar-refractivity contribution in [2.45, 2.75) is 26.7 Å². The van der Waals surface area contributed by atoms with Crippen LogP contribution in [0.15, 0.2) is 24.3 Å². The highest BCUT2D eigenvalue weighted by atomic mass is 35.5. The molecule has 0 saturated heterocycles. The van der Waals surface area contributed by atoms with E-state index in [9.17, 15) is 9.59 Å². The minimum atomic E-state index is -0.870. The standard InChI is InChI=1S/C15H19ClO4/c1-3-19-14(17)13(15(18)20-4-2)10-7-11-5-8-12(16)9-6-11/h5-6,8-9,13H,3-4,7,10H2,1-2H3. The van der Waals surface area contributed by atoms with E-state index in [1.54, 1.807) is 26.0 Å². The van der Waals surface area contributed by atoms with Crippen LogP contribution >= 0.6 is 11.6 Å². The second kappa shape index (κ2) is 8.59. The van der Waals surface area contributed by atoms with Crippen molar-refractivity contribution < 1.29 is 19.1 Å². The molecule has 0 atom stereocenters. The molecule has 0 spiro atoms. The highest BCUT2D eigenvalue weighted by molar-refractivity contribution is 6.30. The Labute approximate surface area is 124 Å². The zero-order valence-electron chi connectivity index (χ0n) is 11.7. The first kappa shape index (κ1) is 16.5. The summed E-state index contributed by atoms with van der Waals surface area (Å²) in [7, 11) is 0. The normalized spacial score (nSPS) is 10.4. The summed E-state index contributed by atoms with van der Waals surface area (Å²) >= 11 is 5.81. The molecule has 0 unspecified atom stereocenters. The summed E-state index contributed by atoms with van der Waals surface area (Å²) in [5.74, 6) is -1.93. The van der Waals surface area contributed by atoms with E-state index in [1.165, 1.54) is 0 Å². The van der Waals surface area contributed by atoms with Gasteiger partial charge in [-0.05, 0) is 44.4 Å². The number of esters is 2. The quantitative estimate of drug-likeness (QED) is 0.573. The lowest BCUT2D eigenvalue weighted by Gasteiger charge is -2.14. The SMILES string of the molecule is CCOC(=O)C(CCc1ccc(Cl)cc1)C(=O)OCC. The van der Waals surface area contributed by atoms with Crippen molar-refractivity contribution in [3.05, 3.63) is 34.9 Å². The third kappa shape index (κ3) is 5.21. The average Bonchev–Trinajstić information content (AvgIpc) is 2.42. The van der Waals surface area contributed by atoms with Crippen LogP contribution in [0.1, 0.15) is 25.8 Å². The molecule has 0 fully saturated rings. The molecule has 1 rings (SSSR count). The first-order chi connectivity index (χ1) is 9.58. The van der Waals surface area contributed by atoms with E-state index in [-0.39, 0.29) is 13.2 Å². The molecular formula is C15H19ClO4. The van der Waals surface area contributed by atoms with Gasteiger partial charge in [0.25, 0.3) is 0 Å². The van der Waals surface area contributed by atoms with Crippen LogP contribution in [-0.4, -0.2) is 25.2 Å². The van der Waals surface area contributed by atoms with Gasteiger partial charge >= 0.3 is 11.9 Å². The molecule has 0 radical (unpaired) electrons. The Morgan fingerprint density at radius 1 is 1.05 bits per heavy atom. The van der Waals surface area contributed by atoms with Crippen LogP contribution in [0.25, 0.3) is 0 Å². The molecular weight excluding hydrogens is 280 g/mol. The molecule has 0 bridgehead atoms. The van der Waals surface area contributed by atoms with Crippen molar-refractivity contribution in [1.82, 2.24) is 0 Å².